The van der Waals surface area contributed by atoms with Crippen LogP contribution in [0, 0.1) is 11.6 Å². The summed E-state index contributed by atoms with van der Waals surface area (Å²) in [4.78, 5) is 24.8. The minimum Gasteiger partial charge on any atom is -0.477 e. The predicted molar refractivity (Wildman–Crippen MR) is 98.2 cm³/mol. The van der Waals surface area contributed by atoms with Crippen LogP contribution in [0.5, 0.6) is 0 Å². The van der Waals surface area contributed by atoms with Gasteiger partial charge in [0, 0.05) is 22.8 Å². The monoisotopic (exact) mass is 385 g/mol. The normalized spacial score (nSPS) is 15.9. The number of carboxylic acids is 1. The molecular formula is C20H13F2NO3S. The first-order valence-electron chi connectivity index (χ1n) is 8.15. The van der Waals surface area contributed by atoms with Gasteiger partial charge in [-0.1, -0.05) is 24.3 Å². The first kappa shape index (κ1) is 17.4. The number of anilines is 1. The van der Waals surface area contributed by atoms with Crippen LogP contribution >= 0.6 is 11.3 Å². The molecule has 27 heavy (non-hydrogen) atoms. The number of hydrogen-bond donors (Lipinski definition) is 2. The molecule has 0 spiro atoms. The first-order chi connectivity index (χ1) is 12.9. The smallest absolute Gasteiger partial charge is 0.346 e. The van der Waals surface area contributed by atoms with Gasteiger partial charge in [-0.2, -0.15) is 0 Å². The molecule has 0 radical (unpaired) electrons. The molecule has 4 nitrogen and oxygen atoms in total. The molecule has 1 atom stereocenters. The number of hydrogen-bond acceptors (Lipinski definition) is 3. The van der Waals surface area contributed by atoms with Crippen LogP contribution in [0.2, 0.25) is 0 Å². The Bertz CT molecular complexity index is 1060. The highest BCUT2D eigenvalue weighted by Gasteiger charge is 2.34. The quantitative estimate of drug-likeness (QED) is 0.676. The Hall–Kier alpha value is -3.06. The minimum absolute atomic E-state index is 0.0277. The maximum atomic E-state index is 13.7. The SMILES string of the molecule is O=C1C[C@H](c2ccc(F)cc2)c2sc(C(=O)O)c(-c3cccc(F)c3)c2N1. The summed E-state index contributed by atoms with van der Waals surface area (Å²) < 4.78 is 27.0. The Labute approximate surface area is 157 Å². The number of fused-ring (bicyclic) bond motifs is 1. The summed E-state index contributed by atoms with van der Waals surface area (Å²) in [5.41, 5.74) is 1.78. The molecule has 3 aromatic rings. The fourth-order valence-electron chi connectivity index (χ4n) is 3.32. The molecule has 7 heteroatoms. The number of halogens is 2. The summed E-state index contributed by atoms with van der Waals surface area (Å²) in [7, 11) is 0. The molecule has 4 rings (SSSR count). The number of carboxylic acid groups (broad SMARTS) is 1. The third kappa shape index (κ3) is 3.10. The molecule has 0 unspecified atom stereocenters. The highest BCUT2D eigenvalue weighted by Crippen LogP contribution is 2.49. The maximum absolute atomic E-state index is 13.7. The molecule has 2 N–H and O–H groups in total. The van der Waals surface area contributed by atoms with Crippen molar-refractivity contribution in [3.8, 4) is 11.1 Å². The molecule has 1 aliphatic heterocycles. The summed E-state index contributed by atoms with van der Waals surface area (Å²) in [6, 6.07) is 11.4. The summed E-state index contributed by atoms with van der Waals surface area (Å²) in [6.07, 6.45) is 0.126. The fourth-order valence-corrected chi connectivity index (χ4v) is 4.57. The number of carbonyl (C=O) groups excluding carboxylic acids is 1. The Morgan fingerprint density at radius 1 is 1.11 bits per heavy atom. The van der Waals surface area contributed by atoms with Gasteiger partial charge in [0.1, 0.15) is 16.5 Å². The summed E-state index contributed by atoms with van der Waals surface area (Å²) in [5, 5.41) is 12.4. The highest BCUT2D eigenvalue weighted by molar-refractivity contribution is 7.15. The Kier molecular flexibility index (Phi) is 4.24. The molecule has 2 aromatic carbocycles. The fraction of sp³-hybridized carbons (Fsp3) is 0.100. The van der Waals surface area contributed by atoms with Crippen molar-refractivity contribution in [2.75, 3.05) is 5.32 Å². The van der Waals surface area contributed by atoms with Gasteiger partial charge < -0.3 is 10.4 Å². The summed E-state index contributed by atoms with van der Waals surface area (Å²) in [6.45, 7) is 0. The molecule has 0 fully saturated rings. The molecule has 1 aromatic heterocycles. The minimum atomic E-state index is -1.15. The van der Waals surface area contributed by atoms with Crippen LogP contribution in [0.4, 0.5) is 14.5 Å². The van der Waals surface area contributed by atoms with Crippen LogP contribution in [0.1, 0.15) is 32.5 Å². The van der Waals surface area contributed by atoms with Crippen LogP contribution in [-0.2, 0) is 4.79 Å². The zero-order valence-electron chi connectivity index (χ0n) is 13.8. The average molecular weight is 385 g/mol. The van der Waals surface area contributed by atoms with E-state index in [-0.39, 0.29) is 23.1 Å². The van der Waals surface area contributed by atoms with E-state index < -0.39 is 17.6 Å². The van der Waals surface area contributed by atoms with Gasteiger partial charge in [0.2, 0.25) is 5.91 Å². The second-order valence-electron chi connectivity index (χ2n) is 6.22. The van der Waals surface area contributed by atoms with Crippen molar-refractivity contribution in [2.45, 2.75) is 12.3 Å². The van der Waals surface area contributed by atoms with Gasteiger partial charge in [-0.15, -0.1) is 11.3 Å². The van der Waals surface area contributed by atoms with Gasteiger partial charge in [-0.05, 0) is 35.4 Å². The van der Waals surface area contributed by atoms with Crippen LogP contribution < -0.4 is 5.32 Å². The van der Waals surface area contributed by atoms with E-state index in [0.29, 0.717) is 21.7 Å². The molecule has 0 saturated heterocycles. The highest BCUT2D eigenvalue weighted by atomic mass is 32.1. The lowest BCUT2D eigenvalue weighted by Gasteiger charge is -2.23. The molecule has 0 bridgehead atoms. The Morgan fingerprint density at radius 3 is 2.52 bits per heavy atom. The zero-order chi connectivity index (χ0) is 19.1. The average Bonchev–Trinajstić information content (AvgIpc) is 3.01. The van der Waals surface area contributed by atoms with Crippen molar-refractivity contribution in [1.82, 2.24) is 0 Å². The van der Waals surface area contributed by atoms with E-state index in [1.54, 1.807) is 18.2 Å². The van der Waals surface area contributed by atoms with E-state index in [1.807, 2.05) is 0 Å². The molecule has 1 aliphatic rings. The van der Waals surface area contributed by atoms with Gasteiger partial charge in [-0.3, -0.25) is 4.79 Å². The zero-order valence-corrected chi connectivity index (χ0v) is 14.6. The second-order valence-corrected chi connectivity index (χ2v) is 7.27. The van der Waals surface area contributed by atoms with Crippen LogP contribution in [0.15, 0.2) is 48.5 Å². The van der Waals surface area contributed by atoms with Crippen molar-refractivity contribution < 1.29 is 23.5 Å². The van der Waals surface area contributed by atoms with E-state index in [0.717, 1.165) is 16.9 Å². The molecule has 0 saturated carbocycles. The third-order valence-corrected chi connectivity index (χ3v) is 5.78. The lowest BCUT2D eigenvalue weighted by Crippen LogP contribution is -2.22. The summed E-state index contributed by atoms with van der Waals surface area (Å²) >= 11 is 1.05. The maximum Gasteiger partial charge on any atom is 0.346 e. The molecule has 2 heterocycles. The number of nitrogens with one attached hydrogen (secondary N) is 1. The van der Waals surface area contributed by atoms with Gasteiger partial charge in [0.15, 0.2) is 0 Å². The second kappa shape index (κ2) is 6.59. The van der Waals surface area contributed by atoms with Gasteiger partial charge in [0.25, 0.3) is 0 Å². The van der Waals surface area contributed by atoms with E-state index in [1.165, 1.54) is 30.3 Å². The topological polar surface area (TPSA) is 66.4 Å². The van der Waals surface area contributed by atoms with E-state index in [2.05, 4.69) is 5.32 Å². The number of amides is 1. The van der Waals surface area contributed by atoms with Crippen molar-refractivity contribution in [2.24, 2.45) is 0 Å². The first-order valence-corrected chi connectivity index (χ1v) is 8.97. The van der Waals surface area contributed by atoms with E-state index >= 15 is 0 Å². The lowest BCUT2D eigenvalue weighted by atomic mass is 9.88. The van der Waals surface area contributed by atoms with E-state index in [4.69, 9.17) is 0 Å². The number of benzene rings is 2. The number of carbonyl (C=O) groups is 2. The van der Waals surface area contributed by atoms with E-state index in [9.17, 15) is 23.5 Å². The van der Waals surface area contributed by atoms with Crippen LogP contribution in [-0.4, -0.2) is 17.0 Å². The number of thiophene rings is 1. The van der Waals surface area contributed by atoms with Crippen LogP contribution in [0.25, 0.3) is 11.1 Å². The van der Waals surface area contributed by atoms with Gasteiger partial charge >= 0.3 is 5.97 Å². The van der Waals surface area contributed by atoms with Gasteiger partial charge in [0.05, 0.1) is 5.69 Å². The van der Waals surface area contributed by atoms with Crippen LogP contribution in [0.3, 0.4) is 0 Å². The van der Waals surface area contributed by atoms with Crippen molar-refractivity contribution in [3.05, 3.63) is 75.5 Å². The largest absolute Gasteiger partial charge is 0.477 e. The number of aromatic carboxylic acids is 1. The van der Waals surface area contributed by atoms with Crippen molar-refractivity contribution >= 4 is 28.9 Å². The standard InChI is InChI=1S/C20H13F2NO3S/c21-12-6-4-10(5-7-12)14-9-15(24)23-17-16(11-2-1-3-13(22)8-11)19(20(25)26)27-18(14)17/h1-8,14H,9H2,(H,23,24)(H,25,26)/t14-/m1/s1. The molecular weight excluding hydrogens is 372 g/mol. The molecule has 0 aliphatic carbocycles. The third-order valence-electron chi connectivity index (χ3n) is 4.49. The molecule has 1 amide bonds. The molecule has 136 valence electrons. The van der Waals surface area contributed by atoms with Gasteiger partial charge in [-0.25, -0.2) is 13.6 Å². The number of rotatable bonds is 3. The van der Waals surface area contributed by atoms with Crippen molar-refractivity contribution in [3.63, 3.8) is 0 Å². The lowest BCUT2D eigenvalue weighted by molar-refractivity contribution is -0.116. The Morgan fingerprint density at radius 2 is 1.85 bits per heavy atom. The Balaban J connectivity index is 1.94. The summed E-state index contributed by atoms with van der Waals surface area (Å²) in [5.74, 6) is -2.71. The predicted octanol–water partition coefficient (Wildman–Crippen LogP) is 4.87. The van der Waals surface area contributed by atoms with Crippen molar-refractivity contribution in [1.29, 1.82) is 0 Å².